The molecule has 0 saturated carbocycles. The molecular formula is C62H66N8O6. The van der Waals surface area contributed by atoms with E-state index in [4.69, 9.17) is 19.4 Å². The minimum absolute atomic E-state index is 0.0798. The molecule has 4 aliphatic rings. The molecule has 2 saturated heterocycles. The first kappa shape index (κ1) is 50.2. The van der Waals surface area contributed by atoms with Gasteiger partial charge in [-0.3, -0.25) is 9.59 Å². The van der Waals surface area contributed by atoms with Gasteiger partial charge in [-0.2, -0.15) is 0 Å². The van der Waals surface area contributed by atoms with Crippen LogP contribution in [0.1, 0.15) is 135 Å². The molecule has 76 heavy (non-hydrogen) atoms. The van der Waals surface area contributed by atoms with Gasteiger partial charge < -0.3 is 39.9 Å². The van der Waals surface area contributed by atoms with Crippen molar-refractivity contribution in [1.29, 1.82) is 0 Å². The third-order valence-electron chi connectivity index (χ3n) is 16.5. The van der Waals surface area contributed by atoms with Crippen LogP contribution in [0.25, 0.3) is 44.8 Å². The van der Waals surface area contributed by atoms with Crippen molar-refractivity contribution < 1.29 is 28.7 Å². The number of hydrogen-bond acceptors (Lipinski definition) is 8. The van der Waals surface area contributed by atoms with E-state index in [2.05, 4.69) is 96.8 Å². The van der Waals surface area contributed by atoms with Gasteiger partial charge in [-0.25, -0.2) is 19.6 Å². The number of carbonyl (C=O) groups is 4. The van der Waals surface area contributed by atoms with Gasteiger partial charge in [0.1, 0.15) is 23.7 Å². The van der Waals surface area contributed by atoms with Crippen molar-refractivity contribution in [2.24, 2.45) is 0 Å². The molecule has 390 valence electrons. The summed E-state index contributed by atoms with van der Waals surface area (Å²) in [6, 6.07) is 33.9. The summed E-state index contributed by atoms with van der Waals surface area (Å²) < 4.78 is 9.84. The highest BCUT2D eigenvalue weighted by molar-refractivity contribution is 5.91. The molecule has 5 aromatic carbocycles. The lowest BCUT2D eigenvalue weighted by molar-refractivity contribution is -0.135. The Balaban J connectivity index is 0.909. The molecule has 0 radical (unpaired) electrons. The van der Waals surface area contributed by atoms with Crippen LogP contribution in [0.3, 0.4) is 0 Å². The van der Waals surface area contributed by atoms with Crippen molar-refractivity contribution in [3.05, 3.63) is 167 Å². The zero-order chi connectivity index (χ0) is 52.9. The fraction of sp³-hybridized carbons (Fsp3) is 0.355. The van der Waals surface area contributed by atoms with Crippen LogP contribution < -0.4 is 10.6 Å². The van der Waals surface area contributed by atoms with Gasteiger partial charge in [0.2, 0.25) is 0 Å². The Morgan fingerprint density at radius 3 is 1.36 bits per heavy atom. The molecule has 4 heterocycles. The fourth-order valence-electron chi connectivity index (χ4n) is 12.8. The lowest BCUT2D eigenvalue weighted by Crippen LogP contribution is -2.42. The van der Waals surface area contributed by atoms with Crippen molar-refractivity contribution in [3.63, 3.8) is 0 Å². The summed E-state index contributed by atoms with van der Waals surface area (Å²) >= 11 is 0. The van der Waals surface area contributed by atoms with E-state index in [1.165, 1.54) is 58.7 Å². The maximum absolute atomic E-state index is 14.3. The molecule has 7 aromatic rings. The molecule has 4 atom stereocenters. The molecule has 0 spiro atoms. The van der Waals surface area contributed by atoms with Gasteiger partial charge in [-0.05, 0) is 130 Å². The molecule has 14 heteroatoms. The van der Waals surface area contributed by atoms with Gasteiger partial charge in [0.15, 0.2) is 0 Å². The number of rotatable bonds is 12. The summed E-state index contributed by atoms with van der Waals surface area (Å²) in [6.45, 7) is 10.7. The lowest BCUT2D eigenvalue weighted by Gasteiger charge is -2.31. The first-order valence-corrected chi connectivity index (χ1v) is 26.7. The summed E-state index contributed by atoms with van der Waals surface area (Å²) in [6.07, 6.45) is 9.55. The van der Waals surface area contributed by atoms with Gasteiger partial charge in [0.25, 0.3) is 11.8 Å². The molecule has 2 fully saturated rings. The third-order valence-corrected chi connectivity index (χ3v) is 16.5. The van der Waals surface area contributed by atoms with E-state index in [9.17, 15) is 19.2 Å². The average molecular weight is 1020 g/mol. The Labute approximate surface area is 444 Å². The topological polar surface area (TPSA) is 175 Å². The van der Waals surface area contributed by atoms with Crippen molar-refractivity contribution >= 4 is 24.0 Å². The molecule has 4 amide bonds. The highest BCUT2D eigenvalue weighted by Gasteiger charge is 2.44. The molecule has 2 aliphatic carbocycles. The number of amides is 4. The smallest absolute Gasteiger partial charge is 0.407 e. The van der Waals surface area contributed by atoms with Crippen LogP contribution in [-0.2, 0) is 42.7 Å². The van der Waals surface area contributed by atoms with Crippen molar-refractivity contribution in [2.75, 3.05) is 27.3 Å². The van der Waals surface area contributed by atoms with E-state index < -0.39 is 24.3 Å². The number of likely N-dealkylation sites (tertiary alicyclic amines) is 2. The minimum atomic E-state index is -0.897. The summed E-state index contributed by atoms with van der Waals surface area (Å²) in [5.74, 6) is 1.03. The Hall–Kier alpha value is -8.00. The summed E-state index contributed by atoms with van der Waals surface area (Å²) in [4.78, 5) is 74.3. The number of aromatic amines is 2. The second kappa shape index (κ2) is 20.3. The lowest BCUT2D eigenvalue weighted by atomic mass is 9.73. The SMILES string of the molecule is COC(=O)N[C@H](C(=O)N1CCC[C@@H]1c1ncc(-c2cccc(-c3c4c(c(-c5cccc(-c6cnc([C@@H]7CCCN7C(=O)[C@H](NC(=O)OC)c7ccccc7)[nH]6)c5)c5c3C(C)(C)CC5)C(C)(C)CC4)c2)[nH]1)c1ccccc1. The molecule has 14 nitrogen and oxygen atoms in total. The normalized spacial score (nSPS) is 18.9. The second-order valence-electron chi connectivity index (χ2n) is 22.1. The van der Waals surface area contributed by atoms with Crippen LogP contribution in [0.2, 0.25) is 0 Å². The Bertz CT molecular complexity index is 3120. The average Bonchev–Trinajstić information content (AvgIpc) is 4.32. The summed E-state index contributed by atoms with van der Waals surface area (Å²) in [5.41, 5.74) is 15.8. The number of carbonyl (C=O) groups excluding carboxylic acids is 4. The highest BCUT2D eigenvalue weighted by Crippen LogP contribution is 2.57. The van der Waals surface area contributed by atoms with E-state index in [0.29, 0.717) is 24.2 Å². The molecular weight excluding hydrogens is 953 g/mol. The number of methoxy groups -OCH3 is 2. The third kappa shape index (κ3) is 9.21. The number of alkyl carbamates (subject to hydrolysis) is 2. The van der Waals surface area contributed by atoms with Crippen LogP contribution in [0.4, 0.5) is 9.59 Å². The van der Waals surface area contributed by atoms with Crippen LogP contribution in [-0.4, -0.2) is 81.0 Å². The largest absolute Gasteiger partial charge is 0.453 e. The highest BCUT2D eigenvalue weighted by atomic mass is 16.5. The van der Waals surface area contributed by atoms with Gasteiger partial charge >= 0.3 is 12.2 Å². The van der Waals surface area contributed by atoms with E-state index in [0.717, 1.165) is 85.5 Å². The number of fused-ring (bicyclic) bond motifs is 2. The number of nitrogens with zero attached hydrogens (tertiary/aromatic N) is 4. The Morgan fingerprint density at radius 2 is 0.961 bits per heavy atom. The number of H-pyrrole nitrogens is 2. The molecule has 0 bridgehead atoms. The number of aromatic nitrogens is 4. The summed E-state index contributed by atoms with van der Waals surface area (Å²) in [7, 11) is 2.60. The van der Waals surface area contributed by atoms with Gasteiger partial charge in [-0.15, -0.1) is 0 Å². The zero-order valence-electron chi connectivity index (χ0n) is 44.2. The zero-order valence-corrected chi connectivity index (χ0v) is 44.2. The minimum Gasteiger partial charge on any atom is -0.453 e. The van der Waals surface area contributed by atoms with Crippen LogP contribution >= 0.6 is 0 Å². The van der Waals surface area contributed by atoms with E-state index in [1.807, 2.05) is 82.9 Å². The van der Waals surface area contributed by atoms with Crippen molar-refractivity contribution in [3.8, 4) is 44.8 Å². The van der Waals surface area contributed by atoms with Crippen LogP contribution in [0.15, 0.2) is 122 Å². The Kier molecular flexibility index (Phi) is 13.4. The summed E-state index contributed by atoms with van der Waals surface area (Å²) in [5, 5.41) is 5.54. The molecule has 11 rings (SSSR count). The van der Waals surface area contributed by atoms with E-state index >= 15 is 0 Å². The van der Waals surface area contributed by atoms with E-state index in [-0.39, 0.29) is 34.7 Å². The van der Waals surface area contributed by atoms with Crippen LogP contribution in [0.5, 0.6) is 0 Å². The number of nitrogens with one attached hydrogen (secondary N) is 4. The quantitative estimate of drug-likeness (QED) is 0.0935. The number of benzene rings is 5. The van der Waals surface area contributed by atoms with Gasteiger partial charge in [-0.1, -0.05) is 125 Å². The van der Waals surface area contributed by atoms with E-state index in [1.54, 1.807) is 0 Å². The predicted octanol–water partition coefficient (Wildman–Crippen LogP) is 11.8. The maximum atomic E-state index is 14.3. The Morgan fingerprint density at radius 1 is 0.566 bits per heavy atom. The van der Waals surface area contributed by atoms with Crippen LogP contribution in [0, 0.1) is 0 Å². The molecule has 0 unspecified atom stereocenters. The second-order valence-corrected chi connectivity index (χ2v) is 22.1. The molecule has 2 aromatic heterocycles. The van der Waals surface area contributed by atoms with Crippen molar-refractivity contribution in [2.45, 2.75) is 114 Å². The number of hydrogen-bond donors (Lipinski definition) is 4. The maximum Gasteiger partial charge on any atom is 0.407 e. The fourth-order valence-corrected chi connectivity index (χ4v) is 12.8. The van der Waals surface area contributed by atoms with Gasteiger partial charge in [0.05, 0.1) is 50.1 Å². The number of imidazole rings is 2. The predicted molar refractivity (Wildman–Crippen MR) is 292 cm³/mol. The first-order valence-electron chi connectivity index (χ1n) is 26.7. The molecule has 2 aliphatic heterocycles. The standard InChI is InChI=1S/C62H66N8O6/c1-61(2)29-27-43-50(42-24-14-22-40(34-42)46-36-64-56(66-46)48-26-16-32-70(48)58(72)54(68-60(74)76-6)38-19-11-8-12-20-38)52-44(28-30-62(52,3)4)49(51(43)61)41-23-13-21-39(33-41)45-35-63-55(65-45)47-25-15-31-69(47)57(71)53(67-59(73)75-5)37-17-9-7-10-18-37/h7-14,17-24,33-36,47-48,53-54H,15-16,25-32H2,1-6H3,(H,63,65)(H,64,66)(H,67,73)(H,68,74)/t47-,48+,53+,54-. The first-order chi connectivity index (χ1) is 36.7. The number of ether oxygens (including phenoxy) is 2. The van der Waals surface area contributed by atoms with Gasteiger partial charge in [0, 0.05) is 24.2 Å². The monoisotopic (exact) mass is 1020 g/mol. The van der Waals surface area contributed by atoms with Crippen molar-refractivity contribution in [1.82, 2.24) is 40.4 Å². The molecule has 4 N–H and O–H groups in total.